The van der Waals surface area contributed by atoms with Gasteiger partial charge in [0.25, 0.3) is 0 Å². The van der Waals surface area contributed by atoms with E-state index in [9.17, 15) is 4.79 Å². The van der Waals surface area contributed by atoms with Crippen LogP contribution in [0.25, 0.3) is 0 Å². The van der Waals surface area contributed by atoms with E-state index in [1.807, 2.05) is 11.8 Å². The lowest BCUT2D eigenvalue weighted by atomic mass is 9.98. The number of primary amides is 1. The molecule has 2 aliphatic rings. The van der Waals surface area contributed by atoms with Gasteiger partial charge in [-0.1, -0.05) is 18.2 Å². The molecule has 4 nitrogen and oxygen atoms in total. The fourth-order valence-corrected chi connectivity index (χ4v) is 4.54. The van der Waals surface area contributed by atoms with Crippen molar-refractivity contribution >= 4 is 17.7 Å². The molecule has 0 spiro atoms. The Morgan fingerprint density at radius 1 is 1.27 bits per heavy atom. The number of amides is 1. The van der Waals surface area contributed by atoms with Gasteiger partial charge < -0.3 is 11.1 Å². The topological polar surface area (TPSA) is 58.4 Å². The Balaban J connectivity index is 1.59. The summed E-state index contributed by atoms with van der Waals surface area (Å²) in [5, 5.41) is 3.87. The molecule has 1 aromatic carbocycles. The zero-order valence-electron chi connectivity index (χ0n) is 13.0. The van der Waals surface area contributed by atoms with Crippen molar-refractivity contribution in [2.24, 2.45) is 5.73 Å². The number of nitrogens with one attached hydrogen (secondary N) is 1. The normalized spacial score (nSPS) is 23.7. The van der Waals surface area contributed by atoms with Crippen molar-refractivity contribution in [1.82, 2.24) is 10.2 Å². The summed E-state index contributed by atoms with van der Waals surface area (Å²) in [6.45, 7) is 2.32. The van der Waals surface area contributed by atoms with Crippen LogP contribution in [0.15, 0.2) is 29.2 Å². The van der Waals surface area contributed by atoms with Crippen molar-refractivity contribution in [3.05, 3.63) is 29.8 Å². The largest absolute Gasteiger partial charge is 0.369 e. The second-order valence-corrected chi connectivity index (χ2v) is 7.40. The molecule has 1 amide bonds. The minimum atomic E-state index is -0.221. The standard InChI is InChI=1S/C17H25N3OS/c18-17(21)12-20-9-7-13(8-10-20)19-15-5-3-11-22-16-6-2-1-4-14(15)16/h1-2,4,6,13,15,19H,3,5,7-12H2,(H2,18,21). The maximum Gasteiger partial charge on any atom is 0.231 e. The number of carbonyl (C=O) groups is 1. The van der Waals surface area contributed by atoms with Gasteiger partial charge in [-0.05, 0) is 43.1 Å². The van der Waals surface area contributed by atoms with E-state index in [1.165, 1.54) is 29.1 Å². The summed E-state index contributed by atoms with van der Waals surface area (Å²) >= 11 is 1.98. The zero-order valence-corrected chi connectivity index (χ0v) is 13.8. The van der Waals surface area contributed by atoms with Crippen LogP contribution in [-0.2, 0) is 4.79 Å². The zero-order chi connectivity index (χ0) is 15.4. The average Bonchev–Trinajstić information content (AvgIpc) is 2.71. The number of rotatable bonds is 4. The number of likely N-dealkylation sites (tertiary alicyclic amines) is 1. The lowest BCUT2D eigenvalue weighted by Crippen LogP contribution is -2.46. The summed E-state index contributed by atoms with van der Waals surface area (Å²) in [6, 6.07) is 9.82. The number of carbonyl (C=O) groups excluding carboxylic acids is 1. The van der Waals surface area contributed by atoms with E-state index >= 15 is 0 Å². The maximum absolute atomic E-state index is 11.0. The Labute approximate surface area is 136 Å². The molecule has 22 heavy (non-hydrogen) atoms. The lowest BCUT2D eigenvalue weighted by Gasteiger charge is -2.34. The lowest BCUT2D eigenvalue weighted by molar-refractivity contribution is -0.119. The third kappa shape index (κ3) is 4.03. The van der Waals surface area contributed by atoms with Gasteiger partial charge in [-0.2, -0.15) is 0 Å². The third-order valence-electron chi connectivity index (χ3n) is 4.59. The molecule has 0 aromatic heterocycles. The second-order valence-electron chi connectivity index (χ2n) is 6.26. The minimum absolute atomic E-state index is 0.221. The molecule has 2 heterocycles. The van der Waals surface area contributed by atoms with Crippen LogP contribution < -0.4 is 11.1 Å². The molecule has 3 rings (SSSR count). The fraction of sp³-hybridized carbons (Fsp3) is 0.588. The van der Waals surface area contributed by atoms with Crippen molar-refractivity contribution in [3.8, 4) is 0 Å². The molecule has 5 heteroatoms. The van der Waals surface area contributed by atoms with E-state index in [1.54, 1.807) is 0 Å². The van der Waals surface area contributed by atoms with E-state index in [0.717, 1.165) is 25.9 Å². The van der Waals surface area contributed by atoms with Crippen molar-refractivity contribution < 1.29 is 4.79 Å². The highest BCUT2D eigenvalue weighted by Gasteiger charge is 2.25. The van der Waals surface area contributed by atoms with Gasteiger partial charge in [0, 0.05) is 30.1 Å². The number of nitrogens with zero attached hydrogens (tertiary/aromatic N) is 1. The van der Waals surface area contributed by atoms with E-state index < -0.39 is 0 Å². The molecule has 0 aliphatic carbocycles. The Morgan fingerprint density at radius 3 is 2.82 bits per heavy atom. The number of nitrogens with two attached hydrogens (primary N) is 1. The highest BCUT2D eigenvalue weighted by Crippen LogP contribution is 2.35. The first-order valence-electron chi connectivity index (χ1n) is 8.21. The summed E-state index contributed by atoms with van der Waals surface area (Å²) in [5.41, 5.74) is 6.74. The van der Waals surface area contributed by atoms with Gasteiger partial charge in [-0.25, -0.2) is 0 Å². The Bertz CT molecular complexity index is 514. The highest BCUT2D eigenvalue weighted by atomic mass is 32.2. The van der Waals surface area contributed by atoms with Crippen molar-refractivity contribution in [2.75, 3.05) is 25.4 Å². The SMILES string of the molecule is NC(=O)CN1CCC(NC2CCCSc3ccccc32)CC1. The minimum Gasteiger partial charge on any atom is -0.369 e. The van der Waals surface area contributed by atoms with Crippen LogP contribution in [0, 0.1) is 0 Å². The van der Waals surface area contributed by atoms with Gasteiger partial charge in [0.1, 0.15) is 0 Å². The van der Waals surface area contributed by atoms with Crippen molar-refractivity contribution in [1.29, 1.82) is 0 Å². The summed E-state index contributed by atoms with van der Waals surface area (Å²) in [5.74, 6) is 0.993. The van der Waals surface area contributed by atoms with Crippen LogP contribution in [0.3, 0.4) is 0 Å². The molecular formula is C17H25N3OS. The summed E-state index contributed by atoms with van der Waals surface area (Å²) in [6.07, 6.45) is 4.67. The molecule has 1 atom stereocenters. The van der Waals surface area contributed by atoms with Crippen LogP contribution in [0.1, 0.15) is 37.3 Å². The van der Waals surface area contributed by atoms with E-state index in [0.29, 0.717) is 18.6 Å². The molecule has 120 valence electrons. The average molecular weight is 319 g/mol. The predicted octanol–water partition coefficient (Wildman–Crippen LogP) is 2.15. The summed E-state index contributed by atoms with van der Waals surface area (Å²) in [4.78, 5) is 14.6. The van der Waals surface area contributed by atoms with E-state index in [2.05, 4.69) is 34.5 Å². The molecule has 0 radical (unpaired) electrons. The van der Waals surface area contributed by atoms with Gasteiger partial charge in [-0.15, -0.1) is 11.8 Å². The number of hydrogen-bond acceptors (Lipinski definition) is 4. The Kier molecular flexibility index (Phi) is 5.39. The molecule has 0 saturated carbocycles. The van der Waals surface area contributed by atoms with Crippen LogP contribution in [-0.4, -0.2) is 42.2 Å². The van der Waals surface area contributed by atoms with Crippen LogP contribution >= 0.6 is 11.8 Å². The molecule has 1 saturated heterocycles. The van der Waals surface area contributed by atoms with E-state index in [4.69, 9.17) is 5.73 Å². The van der Waals surface area contributed by atoms with Crippen LogP contribution in [0.4, 0.5) is 0 Å². The van der Waals surface area contributed by atoms with Gasteiger partial charge in [-0.3, -0.25) is 9.69 Å². The number of fused-ring (bicyclic) bond motifs is 1. The molecule has 2 aliphatic heterocycles. The van der Waals surface area contributed by atoms with Gasteiger partial charge in [0.15, 0.2) is 0 Å². The molecular weight excluding hydrogens is 294 g/mol. The summed E-state index contributed by atoms with van der Waals surface area (Å²) < 4.78 is 0. The predicted molar refractivity (Wildman–Crippen MR) is 90.9 cm³/mol. The van der Waals surface area contributed by atoms with Gasteiger partial charge in [0.05, 0.1) is 6.54 Å². The maximum atomic E-state index is 11.0. The molecule has 1 aromatic rings. The first kappa shape index (κ1) is 15.8. The third-order valence-corrected chi connectivity index (χ3v) is 5.77. The number of benzene rings is 1. The van der Waals surface area contributed by atoms with Gasteiger partial charge >= 0.3 is 0 Å². The van der Waals surface area contributed by atoms with Crippen LogP contribution in [0.5, 0.6) is 0 Å². The van der Waals surface area contributed by atoms with Crippen molar-refractivity contribution in [2.45, 2.75) is 42.7 Å². The van der Waals surface area contributed by atoms with Crippen LogP contribution in [0.2, 0.25) is 0 Å². The smallest absolute Gasteiger partial charge is 0.231 e. The molecule has 1 unspecified atom stereocenters. The first-order chi connectivity index (χ1) is 10.7. The molecule has 0 bridgehead atoms. The highest BCUT2D eigenvalue weighted by molar-refractivity contribution is 7.99. The quantitative estimate of drug-likeness (QED) is 0.893. The Morgan fingerprint density at radius 2 is 2.05 bits per heavy atom. The van der Waals surface area contributed by atoms with Crippen molar-refractivity contribution in [3.63, 3.8) is 0 Å². The number of piperidine rings is 1. The molecule has 3 N–H and O–H groups in total. The van der Waals surface area contributed by atoms with Gasteiger partial charge in [0.2, 0.25) is 5.91 Å². The molecule has 1 fully saturated rings. The number of thioether (sulfide) groups is 1. The number of hydrogen-bond donors (Lipinski definition) is 2. The monoisotopic (exact) mass is 319 g/mol. The fourth-order valence-electron chi connectivity index (χ4n) is 3.46. The first-order valence-corrected chi connectivity index (χ1v) is 9.19. The Hall–Kier alpha value is -1.04. The van der Waals surface area contributed by atoms with E-state index in [-0.39, 0.29) is 5.91 Å². The second kappa shape index (κ2) is 7.49. The summed E-state index contributed by atoms with van der Waals surface area (Å²) in [7, 11) is 0.